The number of nitrogens with zero attached hydrogens (tertiary/aromatic N) is 1. The monoisotopic (exact) mass is 278 g/mol. The molecule has 1 fully saturated rings. The van der Waals surface area contributed by atoms with Crippen LogP contribution in [-0.4, -0.2) is 51.9 Å². The van der Waals surface area contributed by atoms with E-state index in [1.807, 2.05) is 26.3 Å². The predicted molar refractivity (Wildman–Crippen MR) is 81.3 cm³/mol. The maximum absolute atomic E-state index is 5.49. The van der Waals surface area contributed by atoms with Crippen molar-refractivity contribution in [3.8, 4) is 5.75 Å². The van der Waals surface area contributed by atoms with E-state index in [1.165, 1.54) is 18.4 Å². The van der Waals surface area contributed by atoms with Gasteiger partial charge in [0.15, 0.2) is 0 Å². The van der Waals surface area contributed by atoms with Crippen LogP contribution in [0.3, 0.4) is 0 Å². The summed E-state index contributed by atoms with van der Waals surface area (Å²) in [6, 6.07) is 8.66. The van der Waals surface area contributed by atoms with E-state index in [9.17, 15) is 0 Å². The molecule has 1 aliphatic rings. The number of rotatable bonds is 6. The average molecular weight is 278 g/mol. The summed E-state index contributed by atoms with van der Waals surface area (Å²) in [4.78, 5) is 2.49. The molecule has 1 aliphatic heterocycles. The molecule has 0 amide bonds. The number of methoxy groups -OCH3 is 2. The molecule has 0 radical (unpaired) electrons. The molecule has 0 aliphatic carbocycles. The Labute approximate surface area is 122 Å². The van der Waals surface area contributed by atoms with Gasteiger partial charge in [-0.05, 0) is 44.1 Å². The molecule has 1 aromatic rings. The molecule has 0 saturated carbocycles. The Morgan fingerprint density at radius 1 is 1.30 bits per heavy atom. The van der Waals surface area contributed by atoms with Crippen LogP contribution in [0.15, 0.2) is 24.3 Å². The smallest absolute Gasteiger partial charge is 0.118 e. The molecule has 2 rings (SSSR count). The maximum Gasteiger partial charge on any atom is 0.118 e. The van der Waals surface area contributed by atoms with Crippen molar-refractivity contribution in [1.82, 2.24) is 10.2 Å². The first-order valence-electron chi connectivity index (χ1n) is 7.33. The highest BCUT2D eigenvalue weighted by atomic mass is 16.5. The third kappa shape index (κ3) is 3.95. The second-order valence-electron chi connectivity index (χ2n) is 5.37. The average Bonchev–Trinajstić information content (AvgIpc) is 2.53. The van der Waals surface area contributed by atoms with Crippen LogP contribution in [0.4, 0.5) is 0 Å². The van der Waals surface area contributed by atoms with Crippen molar-refractivity contribution in [3.63, 3.8) is 0 Å². The summed E-state index contributed by atoms with van der Waals surface area (Å²) in [5.41, 5.74) is 1.30. The van der Waals surface area contributed by atoms with Crippen molar-refractivity contribution in [2.75, 3.05) is 40.9 Å². The van der Waals surface area contributed by atoms with Crippen molar-refractivity contribution in [1.29, 1.82) is 0 Å². The molecule has 4 heteroatoms. The van der Waals surface area contributed by atoms with E-state index >= 15 is 0 Å². The number of hydrogen-bond acceptors (Lipinski definition) is 4. The fourth-order valence-electron chi connectivity index (χ4n) is 2.83. The minimum Gasteiger partial charge on any atom is -0.497 e. The molecule has 2 atom stereocenters. The highest BCUT2D eigenvalue weighted by Crippen LogP contribution is 2.20. The molecule has 2 unspecified atom stereocenters. The molecule has 1 heterocycles. The van der Waals surface area contributed by atoms with E-state index < -0.39 is 0 Å². The molecular weight excluding hydrogens is 252 g/mol. The van der Waals surface area contributed by atoms with Crippen molar-refractivity contribution >= 4 is 0 Å². The first kappa shape index (κ1) is 15.3. The van der Waals surface area contributed by atoms with Crippen LogP contribution in [0, 0.1) is 0 Å². The quantitative estimate of drug-likeness (QED) is 0.863. The standard InChI is InChI=1S/C16H26N2O2/c1-17-16(13-6-8-14(19-2)9-7-13)12-18-10-4-5-15(11-18)20-3/h6-9,15-17H,4-5,10-12H2,1-3H3. The third-order valence-electron chi connectivity index (χ3n) is 4.10. The van der Waals surface area contributed by atoms with Gasteiger partial charge in [0.2, 0.25) is 0 Å². The number of ether oxygens (including phenoxy) is 2. The van der Waals surface area contributed by atoms with E-state index in [0.29, 0.717) is 12.1 Å². The van der Waals surface area contributed by atoms with Crippen LogP contribution in [0.25, 0.3) is 0 Å². The summed E-state index contributed by atoms with van der Waals surface area (Å²) < 4.78 is 10.7. The lowest BCUT2D eigenvalue weighted by Crippen LogP contribution is -2.43. The lowest BCUT2D eigenvalue weighted by Gasteiger charge is -2.34. The lowest BCUT2D eigenvalue weighted by molar-refractivity contribution is 0.0283. The van der Waals surface area contributed by atoms with Gasteiger partial charge >= 0.3 is 0 Å². The van der Waals surface area contributed by atoms with Crippen LogP contribution in [0.1, 0.15) is 24.4 Å². The fourth-order valence-corrected chi connectivity index (χ4v) is 2.83. The Kier molecular flexibility index (Phi) is 5.83. The molecule has 0 spiro atoms. The van der Waals surface area contributed by atoms with Gasteiger partial charge in [0, 0.05) is 26.2 Å². The molecule has 1 aromatic carbocycles. The second kappa shape index (κ2) is 7.62. The van der Waals surface area contributed by atoms with Crippen molar-refractivity contribution in [3.05, 3.63) is 29.8 Å². The van der Waals surface area contributed by atoms with E-state index in [4.69, 9.17) is 9.47 Å². The van der Waals surface area contributed by atoms with Crippen molar-refractivity contribution in [2.24, 2.45) is 0 Å². The molecule has 4 nitrogen and oxygen atoms in total. The van der Waals surface area contributed by atoms with Gasteiger partial charge in [-0.2, -0.15) is 0 Å². The lowest BCUT2D eigenvalue weighted by atomic mass is 10.0. The number of piperidine rings is 1. The van der Waals surface area contributed by atoms with Crippen molar-refractivity contribution < 1.29 is 9.47 Å². The van der Waals surface area contributed by atoms with Gasteiger partial charge in [0.05, 0.1) is 13.2 Å². The summed E-state index contributed by atoms with van der Waals surface area (Å²) in [5, 5.41) is 3.41. The van der Waals surface area contributed by atoms with Crippen LogP contribution in [0.2, 0.25) is 0 Å². The zero-order chi connectivity index (χ0) is 14.4. The van der Waals surface area contributed by atoms with Crippen LogP contribution in [-0.2, 0) is 4.74 Å². The summed E-state index contributed by atoms with van der Waals surface area (Å²) in [7, 11) is 5.53. The molecule has 20 heavy (non-hydrogen) atoms. The summed E-state index contributed by atoms with van der Waals surface area (Å²) in [5.74, 6) is 0.904. The Hall–Kier alpha value is -1.10. The molecular formula is C16H26N2O2. The number of likely N-dealkylation sites (tertiary alicyclic amines) is 1. The minimum atomic E-state index is 0.344. The summed E-state index contributed by atoms with van der Waals surface area (Å²) in [6.45, 7) is 3.21. The maximum atomic E-state index is 5.49. The van der Waals surface area contributed by atoms with Gasteiger partial charge in [-0.1, -0.05) is 12.1 Å². The van der Waals surface area contributed by atoms with Crippen LogP contribution in [0.5, 0.6) is 5.75 Å². The van der Waals surface area contributed by atoms with E-state index in [1.54, 1.807) is 7.11 Å². The normalized spacial score (nSPS) is 21.6. The first-order valence-corrected chi connectivity index (χ1v) is 7.33. The zero-order valence-electron chi connectivity index (χ0n) is 12.8. The molecule has 0 bridgehead atoms. The zero-order valence-corrected chi connectivity index (χ0v) is 12.8. The molecule has 1 N–H and O–H groups in total. The van der Waals surface area contributed by atoms with E-state index in [0.717, 1.165) is 25.4 Å². The number of hydrogen-bond donors (Lipinski definition) is 1. The number of nitrogens with one attached hydrogen (secondary N) is 1. The largest absolute Gasteiger partial charge is 0.497 e. The fraction of sp³-hybridized carbons (Fsp3) is 0.625. The molecule has 0 aromatic heterocycles. The van der Waals surface area contributed by atoms with Crippen LogP contribution >= 0.6 is 0 Å². The van der Waals surface area contributed by atoms with Crippen LogP contribution < -0.4 is 10.1 Å². The Morgan fingerprint density at radius 2 is 2.05 bits per heavy atom. The Balaban J connectivity index is 1.97. The first-order chi connectivity index (χ1) is 9.76. The van der Waals surface area contributed by atoms with E-state index in [2.05, 4.69) is 22.3 Å². The van der Waals surface area contributed by atoms with E-state index in [-0.39, 0.29) is 0 Å². The second-order valence-corrected chi connectivity index (χ2v) is 5.37. The molecule has 1 saturated heterocycles. The SMILES string of the molecule is CNC(CN1CCCC(OC)C1)c1ccc(OC)cc1. The van der Waals surface area contributed by atoms with Crippen molar-refractivity contribution in [2.45, 2.75) is 25.0 Å². The Bertz CT molecular complexity index is 394. The number of likely N-dealkylation sites (N-methyl/N-ethyl adjacent to an activating group) is 1. The van der Waals surface area contributed by atoms with Gasteiger partial charge in [-0.3, -0.25) is 4.90 Å². The highest BCUT2D eigenvalue weighted by Gasteiger charge is 2.22. The number of benzene rings is 1. The molecule has 112 valence electrons. The van der Waals surface area contributed by atoms with Gasteiger partial charge in [0.25, 0.3) is 0 Å². The Morgan fingerprint density at radius 3 is 2.65 bits per heavy atom. The van der Waals surface area contributed by atoms with Gasteiger partial charge < -0.3 is 14.8 Å². The minimum absolute atomic E-state index is 0.344. The van der Waals surface area contributed by atoms with Gasteiger partial charge in [0.1, 0.15) is 5.75 Å². The summed E-state index contributed by atoms with van der Waals surface area (Å²) in [6.07, 6.45) is 2.79. The van der Waals surface area contributed by atoms with Gasteiger partial charge in [-0.25, -0.2) is 0 Å². The topological polar surface area (TPSA) is 33.7 Å². The highest BCUT2D eigenvalue weighted by molar-refractivity contribution is 5.29. The predicted octanol–water partition coefficient (Wildman–Crippen LogP) is 2.07. The third-order valence-corrected chi connectivity index (χ3v) is 4.10. The summed E-state index contributed by atoms with van der Waals surface area (Å²) >= 11 is 0. The van der Waals surface area contributed by atoms with Gasteiger partial charge in [-0.15, -0.1) is 0 Å².